The van der Waals surface area contributed by atoms with Crippen LogP contribution in [0, 0.1) is 20.2 Å². The highest BCUT2D eigenvalue weighted by Crippen LogP contribution is 2.22. The summed E-state index contributed by atoms with van der Waals surface area (Å²) in [5.74, 6) is -1.92. The first-order valence-corrected chi connectivity index (χ1v) is 9.04. The number of benzene rings is 3. The first-order valence-electron chi connectivity index (χ1n) is 9.04. The van der Waals surface area contributed by atoms with E-state index < -0.39 is 21.8 Å². The second-order valence-electron chi connectivity index (χ2n) is 6.32. The summed E-state index contributed by atoms with van der Waals surface area (Å²) < 4.78 is 0. The zero-order valence-electron chi connectivity index (χ0n) is 16.2. The van der Waals surface area contributed by atoms with Crippen LogP contribution in [0.15, 0.2) is 72.8 Å². The van der Waals surface area contributed by atoms with Gasteiger partial charge in [0.15, 0.2) is 0 Å². The van der Waals surface area contributed by atoms with Crippen molar-refractivity contribution < 1.29 is 29.2 Å². The van der Waals surface area contributed by atoms with Crippen LogP contribution < -0.4 is 0 Å². The molecule has 0 spiro atoms. The highest BCUT2D eigenvalue weighted by atomic mass is 17.2. The number of nitro benzene ring substituents is 2. The lowest BCUT2D eigenvalue weighted by Gasteiger charge is -2.06. The fourth-order valence-electron chi connectivity index (χ4n) is 2.62. The molecule has 0 N–H and O–H groups in total. The Bertz CT molecular complexity index is 1200. The number of hydrogen-bond acceptors (Lipinski definition) is 8. The fourth-order valence-corrected chi connectivity index (χ4v) is 2.62. The van der Waals surface area contributed by atoms with Crippen molar-refractivity contribution in [2.45, 2.75) is 0 Å². The van der Waals surface area contributed by atoms with E-state index in [1.807, 2.05) is 0 Å². The lowest BCUT2D eigenvalue weighted by molar-refractivity contribution is -0.385. The van der Waals surface area contributed by atoms with Crippen LogP contribution in [0.5, 0.6) is 0 Å². The van der Waals surface area contributed by atoms with Crippen molar-refractivity contribution in [1.82, 2.24) is 0 Å². The number of carbonyl (C=O) groups excluding carboxylic acids is 2. The van der Waals surface area contributed by atoms with Crippen molar-refractivity contribution in [3.63, 3.8) is 0 Å². The van der Waals surface area contributed by atoms with Gasteiger partial charge in [-0.3, -0.25) is 20.2 Å². The Morgan fingerprint density at radius 3 is 1.94 bits per heavy atom. The monoisotopic (exact) mass is 434 g/mol. The normalized spacial score (nSPS) is 10.5. The minimum absolute atomic E-state index is 0.0883. The summed E-state index contributed by atoms with van der Waals surface area (Å²) in [7, 11) is 0. The molecule has 0 amide bonds. The zero-order chi connectivity index (χ0) is 23.1. The van der Waals surface area contributed by atoms with Gasteiger partial charge in [-0.2, -0.15) is 0 Å². The molecule has 0 atom stereocenters. The van der Waals surface area contributed by atoms with E-state index >= 15 is 0 Å². The van der Waals surface area contributed by atoms with E-state index in [0.717, 1.165) is 12.1 Å². The summed E-state index contributed by atoms with van der Waals surface area (Å²) >= 11 is 0. The van der Waals surface area contributed by atoms with Crippen LogP contribution in [-0.2, 0) is 9.78 Å². The molecule has 0 aromatic heterocycles. The summed E-state index contributed by atoms with van der Waals surface area (Å²) in [6.45, 7) is 0. The number of hydrogen-bond donors (Lipinski definition) is 0. The summed E-state index contributed by atoms with van der Waals surface area (Å²) in [5.41, 5.74) is 0.389. The molecule has 0 saturated carbocycles. The maximum absolute atomic E-state index is 12.4. The Morgan fingerprint density at radius 1 is 0.719 bits per heavy atom. The molecule has 0 heterocycles. The summed E-state index contributed by atoms with van der Waals surface area (Å²) in [4.78, 5) is 54.2. The van der Waals surface area contributed by atoms with E-state index in [9.17, 15) is 29.8 Å². The van der Waals surface area contributed by atoms with Gasteiger partial charge in [0.05, 0.1) is 21.0 Å². The second kappa shape index (κ2) is 9.76. The quantitative estimate of drug-likeness (QED) is 0.237. The van der Waals surface area contributed by atoms with Crippen LogP contribution >= 0.6 is 0 Å². The third-order valence-corrected chi connectivity index (χ3v) is 4.23. The van der Waals surface area contributed by atoms with Crippen molar-refractivity contribution in [2.24, 2.45) is 0 Å². The molecule has 0 radical (unpaired) electrons. The maximum Gasteiger partial charge on any atom is 0.386 e. The fraction of sp³-hybridized carbons (Fsp3) is 0. The predicted molar refractivity (Wildman–Crippen MR) is 112 cm³/mol. The molecule has 0 saturated heterocycles. The van der Waals surface area contributed by atoms with Crippen LogP contribution in [0.3, 0.4) is 0 Å². The Balaban J connectivity index is 1.82. The molecule has 0 aliphatic rings. The van der Waals surface area contributed by atoms with E-state index in [-0.39, 0.29) is 28.1 Å². The van der Waals surface area contributed by atoms with E-state index in [1.54, 1.807) is 18.2 Å². The number of nitrogens with zero attached hydrogens (tertiary/aromatic N) is 2. The third kappa shape index (κ3) is 5.39. The van der Waals surface area contributed by atoms with E-state index in [0.29, 0.717) is 5.56 Å². The van der Waals surface area contributed by atoms with Crippen LogP contribution in [0.4, 0.5) is 11.4 Å². The van der Waals surface area contributed by atoms with Crippen molar-refractivity contribution in [3.8, 4) is 0 Å². The molecule has 32 heavy (non-hydrogen) atoms. The summed E-state index contributed by atoms with van der Waals surface area (Å²) in [5, 5.41) is 21.9. The van der Waals surface area contributed by atoms with Gasteiger partial charge in [0.2, 0.25) is 0 Å². The molecule has 160 valence electrons. The Kier molecular flexibility index (Phi) is 6.66. The summed E-state index contributed by atoms with van der Waals surface area (Å²) in [6.07, 6.45) is 2.92. The average molecular weight is 434 g/mol. The largest absolute Gasteiger partial charge is 0.386 e. The standard InChI is InChI=1S/C22H14N2O8/c25-21(16-4-2-1-3-5-16)31-32-22(26)20-13-12-19(24(29)30)14-17(20)9-6-15-7-10-18(11-8-15)23(27)28/h1-14H. The minimum Gasteiger partial charge on any atom is -0.258 e. The van der Waals surface area contributed by atoms with Crippen LogP contribution in [-0.4, -0.2) is 21.8 Å². The van der Waals surface area contributed by atoms with Crippen LogP contribution in [0.2, 0.25) is 0 Å². The first-order chi connectivity index (χ1) is 15.3. The third-order valence-electron chi connectivity index (χ3n) is 4.23. The number of nitro groups is 2. The molecule has 0 aliphatic heterocycles. The van der Waals surface area contributed by atoms with Gasteiger partial charge in [0, 0.05) is 24.3 Å². The Hall–Kier alpha value is -4.86. The minimum atomic E-state index is -1.03. The maximum atomic E-state index is 12.4. The number of rotatable bonds is 6. The Morgan fingerprint density at radius 2 is 1.31 bits per heavy atom. The molecule has 0 aliphatic carbocycles. The van der Waals surface area contributed by atoms with Gasteiger partial charge in [-0.25, -0.2) is 19.4 Å². The van der Waals surface area contributed by atoms with Crippen molar-refractivity contribution >= 4 is 35.5 Å². The molecule has 3 rings (SSSR count). The van der Waals surface area contributed by atoms with Gasteiger partial charge in [0.1, 0.15) is 0 Å². The Labute approximate surface area is 180 Å². The van der Waals surface area contributed by atoms with Gasteiger partial charge in [-0.1, -0.05) is 30.4 Å². The molecule has 3 aromatic rings. The lowest BCUT2D eigenvalue weighted by Crippen LogP contribution is -2.13. The van der Waals surface area contributed by atoms with E-state index in [2.05, 4.69) is 9.78 Å². The first kappa shape index (κ1) is 21.8. The highest BCUT2D eigenvalue weighted by Gasteiger charge is 2.19. The van der Waals surface area contributed by atoms with Gasteiger partial charge in [0.25, 0.3) is 11.4 Å². The molecule has 10 heteroatoms. The SMILES string of the molecule is O=C(OOC(=O)c1ccc([N+](=O)[O-])cc1C=Cc1ccc([N+](=O)[O-])cc1)c1ccccc1. The molecule has 10 nitrogen and oxygen atoms in total. The van der Waals surface area contributed by atoms with Crippen molar-refractivity contribution in [3.05, 3.63) is 115 Å². The van der Waals surface area contributed by atoms with E-state index in [4.69, 9.17) is 0 Å². The number of carbonyl (C=O) groups is 2. The molecular formula is C22H14N2O8. The van der Waals surface area contributed by atoms with E-state index in [1.165, 1.54) is 54.6 Å². The van der Waals surface area contributed by atoms with Crippen LogP contribution in [0.25, 0.3) is 12.2 Å². The zero-order valence-corrected chi connectivity index (χ0v) is 16.2. The smallest absolute Gasteiger partial charge is 0.258 e. The predicted octanol–water partition coefficient (Wildman–Crippen LogP) is 4.60. The highest BCUT2D eigenvalue weighted by molar-refractivity contribution is 5.96. The van der Waals surface area contributed by atoms with Gasteiger partial charge < -0.3 is 0 Å². The second-order valence-corrected chi connectivity index (χ2v) is 6.32. The summed E-state index contributed by atoms with van der Waals surface area (Å²) in [6, 6.07) is 16.8. The van der Waals surface area contributed by atoms with Gasteiger partial charge >= 0.3 is 11.9 Å². The number of non-ortho nitro benzene ring substituents is 2. The topological polar surface area (TPSA) is 139 Å². The molecule has 0 fully saturated rings. The van der Waals surface area contributed by atoms with Crippen molar-refractivity contribution in [2.75, 3.05) is 0 Å². The van der Waals surface area contributed by atoms with Gasteiger partial charge in [-0.05, 0) is 41.5 Å². The molecule has 0 unspecified atom stereocenters. The molecular weight excluding hydrogens is 420 g/mol. The van der Waals surface area contributed by atoms with Crippen LogP contribution in [0.1, 0.15) is 31.8 Å². The lowest BCUT2D eigenvalue weighted by atomic mass is 10.0. The average Bonchev–Trinajstić information content (AvgIpc) is 2.81. The van der Waals surface area contributed by atoms with Crippen molar-refractivity contribution in [1.29, 1.82) is 0 Å². The molecule has 3 aromatic carbocycles. The van der Waals surface area contributed by atoms with Gasteiger partial charge in [-0.15, -0.1) is 0 Å². The molecule has 0 bridgehead atoms.